The minimum atomic E-state index is -4.44. The molecule has 3 heterocycles. The number of benzene rings is 1. The fraction of sp³-hybridized carbons (Fsp3) is 0.389. The number of anilines is 1. The van der Waals surface area contributed by atoms with Gasteiger partial charge in [-0.2, -0.15) is 4.72 Å². The zero-order chi connectivity index (χ0) is 23.0. The van der Waals surface area contributed by atoms with Gasteiger partial charge in [0, 0.05) is 26.1 Å². The van der Waals surface area contributed by atoms with Gasteiger partial charge >= 0.3 is 0 Å². The predicted octanol–water partition coefficient (Wildman–Crippen LogP) is -0.767. The van der Waals surface area contributed by atoms with Crippen molar-refractivity contribution in [1.29, 1.82) is 0 Å². The largest absolute Gasteiger partial charge is 0.368 e. The van der Waals surface area contributed by atoms with Gasteiger partial charge in [-0.05, 0) is 18.6 Å². The van der Waals surface area contributed by atoms with Crippen LogP contribution in [0.2, 0.25) is 5.02 Å². The van der Waals surface area contributed by atoms with Gasteiger partial charge in [0.25, 0.3) is 5.91 Å². The topological polar surface area (TPSA) is 161 Å². The van der Waals surface area contributed by atoms with Crippen LogP contribution in [0, 0.1) is 0 Å². The molecule has 0 aliphatic carbocycles. The number of sulfonamides is 1. The normalized spacial score (nSPS) is 17.3. The molecule has 3 N–H and O–H groups in total. The maximum Gasteiger partial charge on any atom is 0.250 e. The van der Waals surface area contributed by atoms with E-state index in [0.29, 0.717) is 31.8 Å². The summed E-state index contributed by atoms with van der Waals surface area (Å²) in [6, 6.07) is 2.34. The lowest BCUT2D eigenvalue weighted by atomic mass is 10.2. The first-order valence-electron chi connectivity index (χ1n) is 9.75. The van der Waals surface area contributed by atoms with Crippen LogP contribution in [-0.4, -0.2) is 64.9 Å². The van der Waals surface area contributed by atoms with E-state index in [1.165, 1.54) is 34.3 Å². The van der Waals surface area contributed by atoms with Crippen molar-refractivity contribution < 1.29 is 22.8 Å². The highest BCUT2D eigenvalue weighted by Crippen LogP contribution is 2.34. The zero-order valence-corrected chi connectivity index (χ0v) is 18.3. The van der Waals surface area contributed by atoms with E-state index in [4.69, 9.17) is 17.3 Å². The fourth-order valence-corrected chi connectivity index (χ4v) is 5.49. The third kappa shape index (κ3) is 4.06. The molecule has 1 fully saturated rings. The average molecular weight is 482 g/mol. The molecule has 4 rings (SSSR count). The van der Waals surface area contributed by atoms with E-state index in [-0.39, 0.29) is 34.6 Å². The van der Waals surface area contributed by atoms with Crippen LogP contribution in [0.5, 0.6) is 0 Å². The molecule has 1 aromatic carbocycles. The first-order valence-corrected chi connectivity index (χ1v) is 11.6. The molecule has 0 bridgehead atoms. The van der Waals surface area contributed by atoms with Crippen LogP contribution in [0.4, 0.5) is 5.69 Å². The second-order valence-corrected chi connectivity index (χ2v) is 9.46. The van der Waals surface area contributed by atoms with Gasteiger partial charge in [-0.15, -0.1) is 10.2 Å². The molecule has 1 saturated heterocycles. The van der Waals surface area contributed by atoms with Gasteiger partial charge in [0.1, 0.15) is 11.2 Å². The highest BCUT2D eigenvalue weighted by molar-refractivity contribution is 7.89. The molecule has 1 aromatic heterocycles. The van der Waals surface area contributed by atoms with E-state index in [1.54, 1.807) is 4.57 Å². The molecule has 0 unspecified atom stereocenters. The molecule has 1 atom stereocenters. The van der Waals surface area contributed by atoms with Crippen molar-refractivity contribution in [3.8, 4) is 0 Å². The number of nitrogens with zero attached hydrogens (tertiary/aromatic N) is 5. The Morgan fingerprint density at radius 1 is 1.22 bits per heavy atom. The van der Waals surface area contributed by atoms with Gasteiger partial charge in [-0.1, -0.05) is 17.7 Å². The Morgan fingerprint density at radius 3 is 2.69 bits per heavy atom. The molecule has 170 valence electrons. The first-order chi connectivity index (χ1) is 15.2. The number of fused-ring (bicyclic) bond motifs is 1. The van der Waals surface area contributed by atoms with Crippen molar-refractivity contribution in [2.24, 2.45) is 5.73 Å². The molecular formula is C18H20ClN7O5S. The number of rotatable bonds is 6. The summed E-state index contributed by atoms with van der Waals surface area (Å²) in [5.41, 5.74) is 5.60. The van der Waals surface area contributed by atoms with Crippen molar-refractivity contribution in [2.45, 2.75) is 36.9 Å². The van der Waals surface area contributed by atoms with Crippen molar-refractivity contribution in [1.82, 2.24) is 24.4 Å². The van der Waals surface area contributed by atoms with Crippen LogP contribution in [0.15, 0.2) is 29.4 Å². The number of aromatic nitrogens is 3. The van der Waals surface area contributed by atoms with E-state index < -0.39 is 27.9 Å². The lowest BCUT2D eigenvalue weighted by Crippen LogP contribution is -2.56. The Bertz CT molecular complexity index is 1200. The van der Waals surface area contributed by atoms with Crippen LogP contribution < -0.4 is 15.4 Å². The predicted molar refractivity (Wildman–Crippen MR) is 112 cm³/mol. The molecule has 0 spiro atoms. The van der Waals surface area contributed by atoms with Crippen molar-refractivity contribution in [3.05, 3.63) is 35.4 Å². The van der Waals surface area contributed by atoms with Crippen LogP contribution in [0.1, 0.15) is 18.7 Å². The van der Waals surface area contributed by atoms with E-state index in [2.05, 4.69) is 14.9 Å². The number of primary amides is 1. The summed E-state index contributed by atoms with van der Waals surface area (Å²) >= 11 is 6.33. The maximum absolute atomic E-state index is 13.1. The molecule has 32 heavy (non-hydrogen) atoms. The molecular weight excluding hydrogens is 462 g/mol. The highest BCUT2D eigenvalue weighted by atomic mass is 35.5. The van der Waals surface area contributed by atoms with Gasteiger partial charge in [0.2, 0.25) is 21.8 Å². The molecule has 2 aliphatic heterocycles. The lowest BCUT2D eigenvalue weighted by molar-refractivity contribution is -0.138. The third-order valence-electron chi connectivity index (χ3n) is 5.35. The van der Waals surface area contributed by atoms with Crippen LogP contribution in [-0.2, 0) is 37.5 Å². The monoisotopic (exact) mass is 481 g/mol. The summed E-state index contributed by atoms with van der Waals surface area (Å²) in [5.74, 6) is -1.64. The smallest absolute Gasteiger partial charge is 0.250 e. The summed E-state index contributed by atoms with van der Waals surface area (Å²) in [6.45, 7) is 1.09. The summed E-state index contributed by atoms with van der Waals surface area (Å²) in [4.78, 5) is 39.3. The number of halogens is 1. The summed E-state index contributed by atoms with van der Waals surface area (Å²) in [6.07, 6.45) is 2.49. The summed E-state index contributed by atoms with van der Waals surface area (Å²) < 4.78 is 29.9. The lowest BCUT2D eigenvalue weighted by Gasteiger charge is -2.29. The average Bonchev–Trinajstić information content (AvgIpc) is 3.39. The molecule has 3 amide bonds. The number of nitrogens with one attached hydrogen (secondary N) is 1. The fourth-order valence-electron chi connectivity index (χ4n) is 3.70. The standard InChI is InChI=1S/C18H20ClN7O5S/c19-15-11(26-6-2-5-14(26)27)3-1-4-12(15)32(30,31)23-16(17(20)28)18(29)24-7-8-25-10-21-22-13(25)9-24/h1,3-4,10,16,23H,2,5-9H2,(H2,20,28)/t16-/m0/s1. The van der Waals surface area contributed by atoms with E-state index >= 15 is 0 Å². The molecule has 0 saturated carbocycles. The minimum Gasteiger partial charge on any atom is -0.368 e. The second kappa shape index (κ2) is 8.48. The highest BCUT2D eigenvalue weighted by Gasteiger charge is 2.36. The van der Waals surface area contributed by atoms with Crippen LogP contribution >= 0.6 is 11.6 Å². The Balaban J connectivity index is 1.59. The van der Waals surface area contributed by atoms with E-state index in [1.807, 2.05) is 0 Å². The SMILES string of the molecule is NC(=O)[C@H](NS(=O)(=O)c1cccc(N2CCCC2=O)c1Cl)C(=O)N1CCn2cnnc2C1. The Labute approximate surface area is 188 Å². The van der Waals surface area contributed by atoms with Gasteiger partial charge < -0.3 is 20.1 Å². The molecule has 0 radical (unpaired) electrons. The van der Waals surface area contributed by atoms with Crippen LogP contribution in [0.25, 0.3) is 0 Å². The van der Waals surface area contributed by atoms with Crippen molar-refractivity contribution >= 4 is 45.0 Å². The van der Waals surface area contributed by atoms with Gasteiger partial charge in [-0.3, -0.25) is 14.4 Å². The number of nitrogens with two attached hydrogens (primary N) is 1. The van der Waals surface area contributed by atoms with E-state index in [9.17, 15) is 22.8 Å². The summed E-state index contributed by atoms with van der Waals surface area (Å²) in [7, 11) is -4.44. The molecule has 12 nitrogen and oxygen atoms in total. The van der Waals surface area contributed by atoms with Crippen molar-refractivity contribution in [3.63, 3.8) is 0 Å². The minimum absolute atomic E-state index is 0.0532. The zero-order valence-electron chi connectivity index (χ0n) is 16.8. The molecule has 2 aliphatic rings. The van der Waals surface area contributed by atoms with Crippen molar-refractivity contribution in [2.75, 3.05) is 18.0 Å². The second-order valence-electron chi connectivity index (χ2n) is 7.40. The number of carbonyl (C=O) groups is 3. The summed E-state index contributed by atoms with van der Waals surface area (Å²) in [5, 5.41) is 7.47. The molecule has 2 aromatic rings. The van der Waals surface area contributed by atoms with Gasteiger partial charge in [0.05, 0.1) is 17.3 Å². The van der Waals surface area contributed by atoms with Gasteiger partial charge in [0.15, 0.2) is 11.9 Å². The number of amides is 3. The maximum atomic E-state index is 13.1. The van der Waals surface area contributed by atoms with Gasteiger partial charge in [-0.25, -0.2) is 8.42 Å². The number of hydrogen-bond donors (Lipinski definition) is 2. The quantitative estimate of drug-likeness (QED) is 0.512. The first kappa shape index (κ1) is 22.2. The Kier molecular flexibility index (Phi) is 5.88. The van der Waals surface area contributed by atoms with E-state index in [0.717, 1.165) is 0 Å². The number of hydrogen-bond acceptors (Lipinski definition) is 7. The Morgan fingerprint density at radius 2 is 2.00 bits per heavy atom. The van der Waals surface area contributed by atoms with Crippen LogP contribution in [0.3, 0.4) is 0 Å². The Hall–Kier alpha value is -3.03. The third-order valence-corrected chi connectivity index (χ3v) is 7.33. The number of carbonyl (C=O) groups excluding carboxylic acids is 3. The molecule has 14 heteroatoms.